The van der Waals surface area contributed by atoms with E-state index < -0.39 is 0 Å². The third-order valence-corrected chi connectivity index (χ3v) is 4.38. The molecule has 1 aliphatic rings. The van der Waals surface area contributed by atoms with Crippen molar-refractivity contribution in [2.24, 2.45) is 7.05 Å². The van der Waals surface area contributed by atoms with Crippen LogP contribution in [0.3, 0.4) is 0 Å². The second-order valence-electron chi connectivity index (χ2n) is 3.60. The van der Waals surface area contributed by atoms with Crippen molar-refractivity contribution in [2.75, 3.05) is 5.75 Å². The lowest BCUT2D eigenvalue weighted by molar-refractivity contribution is 0.594. The van der Waals surface area contributed by atoms with Crippen molar-refractivity contribution >= 4 is 24.0 Å². The third kappa shape index (κ3) is 1.55. The molecule has 2 rings (SSSR count). The first kappa shape index (κ1) is 9.27. The summed E-state index contributed by atoms with van der Waals surface area (Å²) in [5.74, 6) is 2.26. The van der Waals surface area contributed by atoms with Crippen LogP contribution in [0.4, 0.5) is 0 Å². The van der Waals surface area contributed by atoms with Gasteiger partial charge < -0.3 is 0 Å². The molecule has 0 aliphatic carbocycles. The zero-order valence-corrected chi connectivity index (χ0v) is 9.47. The molecular formula is C8H13N3S2. The van der Waals surface area contributed by atoms with E-state index in [2.05, 4.69) is 17.0 Å². The average Bonchev–Trinajstić information content (AvgIpc) is 2.62. The Morgan fingerprint density at radius 3 is 2.92 bits per heavy atom. The van der Waals surface area contributed by atoms with Gasteiger partial charge in [-0.2, -0.15) is 0 Å². The lowest BCUT2D eigenvalue weighted by Gasteiger charge is -2.18. The van der Waals surface area contributed by atoms with Crippen molar-refractivity contribution in [3.05, 3.63) is 10.6 Å². The van der Waals surface area contributed by atoms with Crippen LogP contribution in [0.2, 0.25) is 0 Å². The maximum atomic E-state index is 5.07. The number of nitrogens with zero attached hydrogens (tertiary/aromatic N) is 2. The van der Waals surface area contributed by atoms with Crippen LogP contribution < -0.4 is 0 Å². The van der Waals surface area contributed by atoms with Gasteiger partial charge in [0.25, 0.3) is 0 Å². The number of aryl methyl sites for hydroxylation is 1. The number of hydrogen-bond donors (Lipinski definition) is 1. The molecule has 0 saturated carbocycles. The highest BCUT2D eigenvalue weighted by Gasteiger charge is 2.34. The molecule has 0 aromatic carbocycles. The molecule has 5 heteroatoms. The largest absolute Gasteiger partial charge is 0.282 e. The molecule has 3 nitrogen and oxygen atoms in total. The van der Waals surface area contributed by atoms with Crippen molar-refractivity contribution in [2.45, 2.75) is 24.5 Å². The smallest absolute Gasteiger partial charge is 0.215 e. The van der Waals surface area contributed by atoms with Gasteiger partial charge in [0, 0.05) is 7.05 Å². The molecule has 0 radical (unpaired) electrons. The van der Waals surface area contributed by atoms with E-state index in [0.29, 0.717) is 4.77 Å². The van der Waals surface area contributed by atoms with Gasteiger partial charge >= 0.3 is 0 Å². The summed E-state index contributed by atoms with van der Waals surface area (Å²) >= 11 is 7.04. The molecule has 72 valence electrons. The van der Waals surface area contributed by atoms with Crippen molar-refractivity contribution in [3.63, 3.8) is 0 Å². The van der Waals surface area contributed by atoms with Gasteiger partial charge in [0.05, 0.1) is 4.75 Å². The normalized spacial score (nSPS) is 28.2. The number of aromatic amines is 1. The Hall–Kier alpha value is -0.290. The molecule has 0 amide bonds. The fourth-order valence-electron chi connectivity index (χ4n) is 1.60. The second kappa shape index (κ2) is 3.13. The maximum Gasteiger partial charge on any atom is 0.215 e. The monoisotopic (exact) mass is 215 g/mol. The number of H-pyrrole nitrogens is 1. The Kier molecular flexibility index (Phi) is 2.23. The first-order valence-electron chi connectivity index (χ1n) is 4.39. The Morgan fingerprint density at radius 2 is 2.46 bits per heavy atom. The quantitative estimate of drug-likeness (QED) is 0.729. The summed E-state index contributed by atoms with van der Waals surface area (Å²) in [4.78, 5) is 4.37. The van der Waals surface area contributed by atoms with Gasteiger partial charge in [-0.05, 0) is 37.7 Å². The maximum absolute atomic E-state index is 5.07. The van der Waals surface area contributed by atoms with E-state index in [1.165, 1.54) is 18.6 Å². The molecular weight excluding hydrogens is 202 g/mol. The first-order valence-corrected chi connectivity index (χ1v) is 5.79. The van der Waals surface area contributed by atoms with Crippen LogP contribution in [-0.2, 0) is 11.8 Å². The Morgan fingerprint density at radius 1 is 1.69 bits per heavy atom. The van der Waals surface area contributed by atoms with Crippen LogP contribution in [0, 0.1) is 4.77 Å². The number of rotatable bonds is 1. The van der Waals surface area contributed by atoms with Crippen molar-refractivity contribution in [3.8, 4) is 0 Å². The van der Waals surface area contributed by atoms with E-state index in [0.717, 1.165) is 5.82 Å². The van der Waals surface area contributed by atoms with Gasteiger partial charge in [-0.1, -0.05) is 0 Å². The number of hydrogen-bond acceptors (Lipinski definition) is 3. The first-order chi connectivity index (χ1) is 6.12. The fraction of sp³-hybridized carbons (Fsp3) is 0.750. The molecule has 1 saturated heterocycles. The average molecular weight is 215 g/mol. The molecule has 1 fully saturated rings. The van der Waals surface area contributed by atoms with Gasteiger partial charge in [0.2, 0.25) is 4.77 Å². The SMILES string of the molecule is Cn1[nH]c(C2(C)CCCS2)nc1=S. The molecule has 0 bridgehead atoms. The predicted octanol–water partition coefficient (Wildman–Crippen LogP) is 2.22. The molecule has 2 heterocycles. The number of thioether (sulfide) groups is 1. The summed E-state index contributed by atoms with van der Waals surface area (Å²) in [6.07, 6.45) is 2.47. The van der Waals surface area contributed by atoms with Crippen molar-refractivity contribution in [1.82, 2.24) is 14.8 Å². The third-order valence-electron chi connectivity index (χ3n) is 2.49. The molecule has 0 spiro atoms. The van der Waals surface area contributed by atoms with Crippen LogP contribution in [0.1, 0.15) is 25.6 Å². The van der Waals surface area contributed by atoms with Gasteiger partial charge in [-0.25, -0.2) is 4.98 Å². The number of nitrogens with one attached hydrogen (secondary N) is 1. The summed E-state index contributed by atoms with van der Waals surface area (Å²) in [6, 6.07) is 0. The highest BCUT2D eigenvalue weighted by molar-refractivity contribution is 8.00. The highest BCUT2D eigenvalue weighted by atomic mass is 32.2. The van der Waals surface area contributed by atoms with Crippen molar-refractivity contribution in [1.29, 1.82) is 0 Å². The zero-order chi connectivity index (χ0) is 9.47. The van der Waals surface area contributed by atoms with E-state index in [1.807, 2.05) is 18.8 Å². The molecule has 1 aromatic rings. The summed E-state index contributed by atoms with van der Waals surface area (Å²) in [5.41, 5.74) is 0. The van der Waals surface area contributed by atoms with Gasteiger partial charge in [-0.3, -0.25) is 9.78 Å². The molecule has 13 heavy (non-hydrogen) atoms. The lowest BCUT2D eigenvalue weighted by atomic mass is 10.1. The number of aromatic nitrogens is 3. The van der Waals surface area contributed by atoms with Gasteiger partial charge in [0.1, 0.15) is 5.82 Å². The molecule has 1 aliphatic heterocycles. The van der Waals surface area contributed by atoms with Crippen LogP contribution in [0.25, 0.3) is 0 Å². The van der Waals surface area contributed by atoms with E-state index in [9.17, 15) is 0 Å². The van der Waals surface area contributed by atoms with Crippen LogP contribution in [0.15, 0.2) is 0 Å². The lowest BCUT2D eigenvalue weighted by Crippen LogP contribution is -2.15. The summed E-state index contributed by atoms with van der Waals surface area (Å²) < 4.78 is 2.60. The Balaban J connectivity index is 2.39. The second-order valence-corrected chi connectivity index (χ2v) is 5.56. The minimum atomic E-state index is 0.162. The van der Waals surface area contributed by atoms with Gasteiger partial charge in [-0.15, -0.1) is 11.8 Å². The Bertz CT molecular complexity index is 360. The van der Waals surface area contributed by atoms with Crippen LogP contribution in [0.5, 0.6) is 0 Å². The molecule has 1 unspecified atom stereocenters. The highest BCUT2D eigenvalue weighted by Crippen LogP contribution is 2.44. The minimum Gasteiger partial charge on any atom is -0.282 e. The fourth-order valence-corrected chi connectivity index (χ4v) is 3.00. The Labute approximate surface area is 86.9 Å². The summed E-state index contributed by atoms with van der Waals surface area (Å²) in [6.45, 7) is 2.23. The van der Waals surface area contributed by atoms with Crippen LogP contribution in [-0.4, -0.2) is 20.5 Å². The van der Waals surface area contributed by atoms with E-state index >= 15 is 0 Å². The molecule has 1 aromatic heterocycles. The van der Waals surface area contributed by atoms with E-state index in [4.69, 9.17) is 12.2 Å². The van der Waals surface area contributed by atoms with Crippen molar-refractivity contribution < 1.29 is 0 Å². The minimum absolute atomic E-state index is 0.162. The van der Waals surface area contributed by atoms with E-state index in [1.54, 1.807) is 4.68 Å². The topological polar surface area (TPSA) is 33.6 Å². The zero-order valence-electron chi connectivity index (χ0n) is 7.83. The predicted molar refractivity (Wildman–Crippen MR) is 57.4 cm³/mol. The standard InChI is InChI=1S/C8H13N3S2/c1-8(4-3-5-13-8)6-9-7(12)11(2)10-6/h3-5H2,1-2H3,(H,9,10,12). The molecule has 1 atom stereocenters. The van der Waals surface area contributed by atoms with Crippen LogP contribution >= 0.6 is 24.0 Å². The van der Waals surface area contributed by atoms with E-state index in [-0.39, 0.29) is 4.75 Å². The summed E-state index contributed by atoms with van der Waals surface area (Å²) in [5, 5.41) is 3.21. The molecule has 1 N–H and O–H groups in total. The summed E-state index contributed by atoms with van der Waals surface area (Å²) in [7, 11) is 1.90. The van der Waals surface area contributed by atoms with Gasteiger partial charge in [0.15, 0.2) is 0 Å².